The van der Waals surface area contributed by atoms with Gasteiger partial charge in [0, 0.05) is 30.1 Å². The van der Waals surface area contributed by atoms with E-state index in [4.69, 9.17) is 0 Å². The van der Waals surface area contributed by atoms with E-state index < -0.39 is 0 Å². The molecule has 112 valence electrons. The van der Waals surface area contributed by atoms with Crippen LogP contribution in [-0.2, 0) is 4.79 Å². The Morgan fingerprint density at radius 3 is 2.86 bits per heavy atom. The first-order valence-electron chi connectivity index (χ1n) is 7.19. The van der Waals surface area contributed by atoms with Gasteiger partial charge >= 0.3 is 0 Å². The van der Waals surface area contributed by atoms with Crippen LogP contribution >= 0.6 is 12.6 Å². The number of nitrogens with zero attached hydrogens (tertiary/aromatic N) is 2. The first-order chi connectivity index (χ1) is 10.4. The summed E-state index contributed by atoms with van der Waals surface area (Å²) in [6.07, 6.45) is 4.66. The number of rotatable bonds is 1. The lowest BCUT2D eigenvalue weighted by atomic mass is 9.69. The molecule has 0 amide bonds. The number of allylic oxidation sites excluding steroid dienone is 3. The minimum Gasteiger partial charge on any atom is -0.353 e. The van der Waals surface area contributed by atoms with Crippen LogP contribution < -0.4 is 5.32 Å². The van der Waals surface area contributed by atoms with Gasteiger partial charge in [-0.15, -0.1) is 12.6 Å². The number of dihydropyridines is 1. The topological polar surface area (TPSA) is 65.8 Å². The third kappa shape index (κ3) is 2.44. The summed E-state index contributed by atoms with van der Waals surface area (Å²) in [6, 6.07) is 5.93. The van der Waals surface area contributed by atoms with Crippen LogP contribution in [0.4, 0.5) is 0 Å². The largest absolute Gasteiger partial charge is 0.353 e. The van der Waals surface area contributed by atoms with Crippen molar-refractivity contribution in [1.82, 2.24) is 10.3 Å². The van der Waals surface area contributed by atoms with Crippen LogP contribution in [0.3, 0.4) is 0 Å². The van der Waals surface area contributed by atoms with Crippen LogP contribution in [0.15, 0.2) is 46.4 Å². The van der Waals surface area contributed by atoms with E-state index >= 15 is 0 Å². The van der Waals surface area contributed by atoms with Crippen LogP contribution in [0.5, 0.6) is 0 Å². The molecule has 0 saturated carbocycles. The van der Waals surface area contributed by atoms with E-state index in [9.17, 15) is 10.1 Å². The Bertz CT molecular complexity index is 741. The molecular weight excluding hydrogens is 294 g/mol. The summed E-state index contributed by atoms with van der Waals surface area (Å²) in [4.78, 5) is 16.9. The number of nitriles is 1. The first-order valence-corrected chi connectivity index (χ1v) is 7.64. The van der Waals surface area contributed by atoms with Gasteiger partial charge in [-0.05, 0) is 23.5 Å². The maximum absolute atomic E-state index is 12.7. The third-order valence-corrected chi connectivity index (χ3v) is 4.51. The molecule has 0 aromatic carbocycles. The van der Waals surface area contributed by atoms with Crippen molar-refractivity contribution in [2.45, 2.75) is 32.6 Å². The van der Waals surface area contributed by atoms with Crippen molar-refractivity contribution in [2.24, 2.45) is 5.41 Å². The minimum absolute atomic E-state index is 0.0827. The molecule has 1 aliphatic heterocycles. The van der Waals surface area contributed by atoms with Gasteiger partial charge in [-0.1, -0.05) is 19.9 Å². The number of hydrogen-bond acceptors (Lipinski definition) is 5. The number of hydrogen-bond donors (Lipinski definition) is 2. The van der Waals surface area contributed by atoms with Gasteiger partial charge in [0.1, 0.15) is 0 Å². The summed E-state index contributed by atoms with van der Waals surface area (Å²) in [7, 11) is 0. The highest BCUT2D eigenvalue weighted by Crippen LogP contribution is 2.46. The molecule has 0 radical (unpaired) electrons. The van der Waals surface area contributed by atoms with Crippen LogP contribution in [0.25, 0.3) is 0 Å². The molecule has 22 heavy (non-hydrogen) atoms. The number of carbonyl (C=O) groups is 1. The lowest BCUT2D eigenvalue weighted by molar-refractivity contribution is -0.118. The van der Waals surface area contributed by atoms with Gasteiger partial charge < -0.3 is 5.32 Å². The summed E-state index contributed by atoms with van der Waals surface area (Å²) in [5.74, 6) is -0.271. The van der Waals surface area contributed by atoms with E-state index in [-0.39, 0.29) is 17.1 Å². The van der Waals surface area contributed by atoms with E-state index in [1.54, 1.807) is 12.4 Å². The monoisotopic (exact) mass is 311 g/mol. The van der Waals surface area contributed by atoms with Gasteiger partial charge in [0.15, 0.2) is 5.78 Å². The average molecular weight is 311 g/mol. The highest BCUT2D eigenvalue weighted by atomic mass is 32.1. The van der Waals surface area contributed by atoms with Crippen molar-refractivity contribution in [3.63, 3.8) is 0 Å². The Kier molecular flexibility index (Phi) is 3.57. The molecule has 1 aromatic rings. The number of pyridine rings is 1. The lowest BCUT2D eigenvalue weighted by Gasteiger charge is -2.38. The Morgan fingerprint density at radius 2 is 2.23 bits per heavy atom. The Labute approximate surface area is 135 Å². The van der Waals surface area contributed by atoms with Gasteiger partial charge in [0.05, 0.1) is 22.6 Å². The molecule has 4 nitrogen and oxygen atoms in total. The summed E-state index contributed by atoms with van der Waals surface area (Å²) in [5.41, 5.74) is 2.83. The summed E-state index contributed by atoms with van der Waals surface area (Å²) in [6.45, 7) is 4.16. The molecule has 1 N–H and O–H groups in total. The van der Waals surface area contributed by atoms with Gasteiger partial charge in [-0.25, -0.2) is 0 Å². The summed E-state index contributed by atoms with van der Waals surface area (Å²) < 4.78 is 0. The summed E-state index contributed by atoms with van der Waals surface area (Å²) in [5, 5.41) is 13.2. The van der Waals surface area contributed by atoms with Crippen molar-refractivity contribution >= 4 is 18.4 Å². The SMILES string of the molecule is CC1(C)CC(=O)C2=C(C1)NC(S)=C(C#N)C2c1cccnc1. The van der Waals surface area contributed by atoms with Crippen LogP contribution in [0, 0.1) is 16.7 Å². The van der Waals surface area contributed by atoms with Gasteiger partial charge in [-0.2, -0.15) is 5.26 Å². The maximum atomic E-state index is 12.7. The zero-order valence-corrected chi connectivity index (χ0v) is 13.4. The molecule has 3 rings (SSSR count). The normalized spacial score (nSPS) is 23.7. The van der Waals surface area contributed by atoms with Gasteiger partial charge in [0.25, 0.3) is 0 Å². The van der Waals surface area contributed by atoms with E-state index in [2.05, 4.69) is 42.8 Å². The second-order valence-electron chi connectivity index (χ2n) is 6.55. The highest BCUT2D eigenvalue weighted by Gasteiger charge is 2.41. The average Bonchev–Trinajstić information content (AvgIpc) is 2.45. The van der Waals surface area contributed by atoms with Crippen molar-refractivity contribution in [1.29, 1.82) is 5.26 Å². The predicted molar refractivity (Wildman–Crippen MR) is 86.8 cm³/mol. The fourth-order valence-electron chi connectivity index (χ4n) is 3.27. The number of Topliss-reactive ketones (excluding diaryl/α,β-unsaturated/α-hetero) is 1. The molecule has 1 atom stereocenters. The Morgan fingerprint density at radius 1 is 1.45 bits per heavy atom. The predicted octanol–water partition coefficient (Wildman–Crippen LogP) is 3.08. The Balaban J connectivity index is 2.18. The van der Waals surface area contributed by atoms with Crippen molar-refractivity contribution in [3.05, 3.63) is 52.0 Å². The maximum Gasteiger partial charge on any atom is 0.162 e. The van der Waals surface area contributed by atoms with Crippen LogP contribution in [-0.4, -0.2) is 10.8 Å². The van der Waals surface area contributed by atoms with Crippen molar-refractivity contribution in [3.8, 4) is 6.07 Å². The van der Waals surface area contributed by atoms with Gasteiger partial charge in [0.2, 0.25) is 0 Å². The van der Waals surface area contributed by atoms with Crippen LogP contribution in [0.2, 0.25) is 0 Å². The van der Waals surface area contributed by atoms with Gasteiger partial charge in [-0.3, -0.25) is 9.78 Å². The molecule has 0 spiro atoms. The van der Waals surface area contributed by atoms with Crippen LogP contribution in [0.1, 0.15) is 38.2 Å². The molecule has 0 fully saturated rings. The summed E-state index contributed by atoms with van der Waals surface area (Å²) >= 11 is 4.43. The first kappa shape index (κ1) is 14.9. The third-order valence-electron chi connectivity index (χ3n) is 4.16. The molecule has 5 heteroatoms. The van der Waals surface area contributed by atoms with E-state index in [1.165, 1.54) is 0 Å². The van der Waals surface area contributed by atoms with E-state index in [0.717, 1.165) is 17.7 Å². The number of nitrogens with one attached hydrogen (secondary N) is 1. The number of carbonyl (C=O) groups excluding carboxylic acids is 1. The van der Waals surface area contributed by atoms with Crippen molar-refractivity contribution in [2.75, 3.05) is 0 Å². The Hall–Kier alpha value is -2.06. The zero-order valence-electron chi connectivity index (χ0n) is 12.6. The fourth-order valence-corrected chi connectivity index (χ4v) is 3.58. The molecule has 0 saturated heterocycles. The molecule has 0 bridgehead atoms. The second-order valence-corrected chi connectivity index (χ2v) is 7.00. The quantitative estimate of drug-likeness (QED) is 0.782. The molecule has 2 aliphatic rings. The standard InChI is InChI=1S/C17H17N3OS/c1-17(2)6-12-15(13(21)7-17)14(10-4-3-5-19-9-10)11(8-18)16(22)20-12/h3-5,9,14,20,22H,6-7H2,1-2H3. The number of ketones is 1. The van der Waals surface area contributed by atoms with E-state index in [0.29, 0.717) is 22.6 Å². The fraction of sp³-hybridized carbons (Fsp3) is 0.353. The second kappa shape index (κ2) is 5.29. The molecule has 1 aliphatic carbocycles. The lowest BCUT2D eigenvalue weighted by Crippen LogP contribution is -2.36. The highest BCUT2D eigenvalue weighted by molar-refractivity contribution is 7.84. The molecule has 1 aromatic heterocycles. The van der Waals surface area contributed by atoms with Crippen molar-refractivity contribution < 1.29 is 4.79 Å². The molecule has 1 unspecified atom stereocenters. The smallest absolute Gasteiger partial charge is 0.162 e. The zero-order chi connectivity index (χ0) is 15.9. The molecule has 2 heterocycles. The minimum atomic E-state index is -0.369. The molecular formula is C17H17N3OS. The number of aromatic nitrogens is 1. The number of thiol groups is 1. The van der Waals surface area contributed by atoms with E-state index in [1.807, 2.05) is 12.1 Å².